The fourth-order valence-corrected chi connectivity index (χ4v) is 2.15. The van der Waals surface area contributed by atoms with E-state index in [2.05, 4.69) is 39.4 Å². The van der Waals surface area contributed by atoms with E-state index in [1.165, 1.54) is 5.56 Å². The second-order valence-corrected chi connectivity index (χ2v) is 4.91. The maximum atomic E-state index is 4.38. The van der Waals surface area contributed by atoms with Crippen LogP contribution in [0.25, 0.3) is 0 Å². The van der Waals surface area contributed by atoms with E-state index in [9.17, 15) is 0 Å². The lowest BCUT2D eigenvalue weighted by Crippen LogP contribution is -2.08. The van der Waals surface area contributed by atoms with Crippen molar-refractivity contribution < 1.29 is 0 Å². The fourth-order valence-electron chi connectivity index (χ4n) is 2.15. The van der Waals surface area contributed by atoms with E-state index < -0.39 is 0 Å². The molecule has 5 heteroatoms. The molecular formula is C16H17N5. The SMILES string of the molecule is CC(Nc1cnn(Cc2ccccc2)c1)c1cnccn1. The number of nitrogens with zero attached hydrogens (tertiary/aromatic N) is 4. The van der Waals surface area contributed by atoms with Crippen LogP contribution < -0.4 is 5.32 Å². The molecule has 5 nitrogen and oxygen atoms in total. The molecule has 0 radical (unpaired) electrons. The van der Waals surface area contributed by atoms with Crippen LogP contribution in [0.3, 0.4) is 0 Å². The second kappa shape index (κ2) is 6.17. The molecule has 0 spiro atoms. The highest BCUT2D eigenvalue weighted by Gasteiger charge is 2.08. The summed E-state index contributed by atoms with van der Waals surface area (Å²) >= 11 is 0. The van der Waals surface area contributed by atoms with Crippen molar-refractivity contribution in [2.75, 3.05) is 5.32 Å². The van der Waals surface area contributed by atoms with Gasteiger partial charge >= 0.3 is 0 Å². The van der Waals surface area contributed by atoms with E-state index in [4.69, 9.17) is 0 Å². The van der Waals surface area contributed by atoms with Gasteiger partial charge in [0.2, 0.25) is 0 Å². The standard InChI is InChI=1S/C16H17N5/c1-13(16-10-17-7-8-18-16)20-15-9-19-21(12-15)11-14-5-3-2-4-6-14/h2-10,12-13,20H,11H2,1H3. The predicted molar refractivity (Wildman–Crippen MR) is 81.8 cm³/mol. The summed E-state index contributed by atoms with van der Waals surface area (Å²) in [6.07, 6.45) is 8.97. The number of hydrogen-bond acceptors (Lipinski definition) is 4. The van der Waals surface area contributed by atoms with Crippen LogP contribution in [0, 0.1) is 0 Å². The van der Waals surface area contributed by atoms with Crippen LogP contribution in [0.4, 0.5) is 5.69 Å². The molecule has 1 aromatic carbocycles. The van der Waals surface area contributed by atoms with E-state index in [1.807, 2.05) is 35.3 Å². The van der Waals surface area contributed by atoms with Crippen LogP contribution in [-0.2, 0) is 6.54 Å². The molecule has 3 aromatic rings. The first kappa shape index (κ1) is 13.3. The Morgan fingerprint density at radius 3 is 2.76 bits per heavy atom. The van der Waals surface area contributed by atoms with Gasteiger partial charge in [-0.1, -0.05) is 30.3 Å². The van der Waals surface area contributed by atoms with Crippen LogP contribution in [-0.4, -0.2) is 19.7 Å². The minimum Gasteiger partial charge on any atom is -0.374 e. The number of rotatable bonds is 5. The molecule has 2 aromatic heterocycles. The zero-order valence-corrected chi connectivity index (χ0v) is 11.8. The molecule has 106 valence electrons. The summed E-state index contributed by atoms with van der Waals surface area (Å²) < 4.78 is 1.92. The van der Waals surface area contributed by atoms with Crippen molar-refractivity contribution in [1.29, 1.82) is 0 Å². The van der Waals surface area contributed by atoms with Gasteiger partial charge in [0.05, 0.1) is 36.4 Å². The molecule has 2 heterocycles. The normalized spacial score (nSPS) is 12.0. The van der Waals surface area contributed by atoms with Crippen molar-refractivity contribution in [3.63, 3.8) is 0 Å². The molecule has 0 saturated heterocycles. The predicted octanol–water partition coefficient (Wildman–Crippen LogP) is 2.89. The fraction of sp³-hybridized carbons (Fsp3) is 0.188. The quantitative estimate of drug-likeness (QED) is 0.780. The van der Waals surface area contributed by atoms with E-state index >= 15 is 0 Å². The topological polar surface area (TPSA) is 55.6 Å². The van der Waals surface area contributed by atoms with Gasteiger partial charge < -0.3 is 5.32 Å². The first-order chi connectivity index (χ1) is 10.3. The minimum absolute atomic E-state index is 0.0908. The van der Waals surface area contributed by atoms with Crippen molar-refractivity contribution in [2.24, 2.45) is 0 Å². The molecule has 0 bridgehead atoms. The van der Waals surface area contributed by atoms with Gasteiger partial charge in [0.25, 0.3) is 0 Å². The Kier molecular flexibility index (Phi) is 3.91. The van der Waals surface area contributed by atoms with Gasteiger partial charge in [-0.15, -0.1) is 0 Å². The minimum atomic E-state index is 0.0908. The largest absolute Gasteiger partial charge is 0.374 e. The Bertz CT molecular complexity index is 678. The molecule has 0 saturated carbocycles. The Morgan fingerprint density at radius 2 is 2.00 bits per heavy atom. The number of benzene rings is 1. The van der Waals surface area contributed by atoms with Gasteiger partial charge in [-0.2, -0.15) is 5.10 Å². The highest BCUT2D eigenvalue weighted by molar-refractivity contribution is 5.40. The zero-order chi connectivity index (χ0) is 14.5. The van der Waals surface area contributed by atoms with Gasteiger partial charge in [0.15, 0.2) is 0 Å². The lowest BCUT2D eigenvalue weighted by Gasteiger charge is -2.12. The van der Waals surface area contributed by atoms with Gasteiger partial charge in [-0.05, 0) is 12.5 Å². The van der Waals surface area contributed by atoms with E-state index in [0.717, 1.165) is 17.9 Å². The van der Waals surface area contributed by atoms with Crippen LogP contribution in [0.2, 0.25) is 0 Å². The van der Waals surface area contributed by atoms with Crippen molar-refractivity contribution in [1.82, 2.24) is 19.7 Å². The monoisotopic (exact) mass is 279 g/mol. The van der Waals surface area contributed by atoms with E-state index in [1.54, 1.807) is 18.6 Å². The summed E-state index contributed by atoms with van der Waals surface area (Å²) in [5, 5.41) is 7.75. The highest BCUT2D eigenvalue weighted by atomic mass is 15.3. The molecule has 0 amide bonds. The second-order valence-electron chi connectivity index (χ2n) is 4.91. The molecule has 1 unspecified atom stereocenters. The van der Waals surface area contributed by atoms with Crippen LogP contribution in [0.5, 0.6) is 0 Å². The first-order valence-electron chi connectivity index (χ1n) is 6.90. The van der Waals surface area contributed by atoms with Gasteiger partial charge in [0, 0.05) is 18.6 Å². The third-order valence-electron chi connectivity index (χ3n) is 3.23. The van der Waals surface area contributed by atoms with Gasteiger partial charge in [0.1, 0.15) is 0 Å². The van der Waals surface area contributed by atoms with Crippen LogP contribution >= 0.6 is 0 Å². The Morgan fingerprint density at radius 1 is 1.14 bits per heavy atom. The molecule has 0 fully saturated rings. The maximum Gasteiger partial charge on any atom is 0.0806 e. The Balaban J connectivity index is 1.65. The summed E-state index contributed by atoms with van der Waals surface area (Å²) in [7, 11) is 0. The molecule has 3 rings (SSSR count). The van der Waals surface area contributed by atoms with Crippen LogP contribution in [0.1, 0.15) is 24.2 Å². The van der Waals surface area contributed by atoms with Crippen LogP contribution in [0.15, 0.2) is 61.3 Å². The lowest BCUT2D eigenvalue weighted by atomic mass is 10.2. The molecular weight excluding hydrogens is 262 g/mol. The molecule has 0 aliphatic rings. The summed E-state index contributed by atoms with van der Waals surface area (Å²) in [4.78, 5) is 8.38. The number of aromatic nitrogens is 4. The number of nitrogens with one attached hydrogen (secondary N) is 1. The lowest BCUT2D eigenvalue weighted by molar-refractivity contribution is 0.687. The number of anilines is 1. The van der Waals surface area contributed by atoms with E-state index in [0.29, 0.717) is 0 Å². The first-order valence-corrected chi connectivity index (χ1v) is 6.90. The maximum absolute atomic E-state index is 4.38. The number of hydrogen-bond donors (Lipinski definition) is 1. The average molecular weight is 279 g/mol. The zero-order valence-electron chi connectivity index (χ0n) is 11.8. The van der Waals surface area contributed by atoms with Crippen molar-refractivity contribution in [3.8, 4) is 0 Å². The summed E-state index contributed by atoms with van der Waals surface area (Å²) in [5.41, 5.74) is 3.12. The third kappa shape index (κ3) is 3.45. The van der Waals surface area contributed by atoms with Crippen molar-refractivity contribution >= 4 is 5.69 Å². The summed E-state index contributed by atoms with van der Waals surface area (Å²) in [5.74, 6) is 0. The van der Waals surface area contributed by atoms with Crippen molar-refractivity contribution in [3.05, 3.63) is 72.6 Å². The molecule has 1 N–H and O–H groups in total. The van der Waals surface area contributed by atoms with Gasteiger partial charge in [-0.3, -0.25) is 14.6 Å². The smallest absolute Gasteiger partial charge is 0.0806 e. The summed E-state index contributed by atoms with van der Waals surface area (Å²) in [6.45, 7) is 2.82. The molecule has 21 heavy (non-hydrogen) atoms. The highest BCUT2D eigenvalue weighted by Crippen LogP contribution is 2.16. The molecule has 0 aliphatic carbocycles. The van der Waals surface area contributed by atoms with E-state index in [-0.39, 0.29) is 6.04 Å². The third-order valence-corrected chi connectivity index (χ3v) is 3.23. The Labute approximate surface area is 123 Å². The van der Waals surface area contributed by atoms with Crippen molar-refractivity contribution in [2.45, 2.75) is 19.5 Å². The molecule has 1 atom stereocenters. The average Bonchev–Trinajstić information content (AvgIpc) is 2.96. The van der Waals surface area contributed by atoms with Gasteiger partial charge in [-0.25, -0.2) is 0 Å². The summed E-state index contributed by atoms with van der Waals surface area (Å²) in [6, 6.07) is 10.4. The molecule has 0 aliphatic heterocycles. The Hall–Kier alpha value is -2.69.